The number of carbonyl (C=O) groups is 1. The van der Waals surface area contributed by atoms with Crippen molar-refractivity contribution in [3.63, 3.8) is 0 Å². The van der Waals surface area contributed by atoms with E-state index in [4.69, 9.17) is 4.52 Å². The molecule has 1 unspecified atom stereocenters. The van der Waals surface area contributed by atoms with Crippen LogP contribution in [0, 0.1) is 6.92 Å². The Morgan fingerprint density at radius 1 is 1.24 bits per heavy atom. The molecule has 1 saturated heterocycles. The lowest BCUT2D eigenvalue weighted by atomic mass is 9.89. The number of rotatable bonds is 2. The summed E-state index contributed by atoms with van der Waals surface area (Å²) in [5.41, 5.74) is 2.80. The molecule has 1 aromatic heterocycles. The quantitative estimate of drug-likeness (QED) is 0.908. The molecule has 4 rings (SSSR count). The Labute approximate surface area is 146 Å². The van der Waals surface area contributed by atoms with Gasteiger partial charge in [0.05, 0.1) is 11.5 Å². The molecular weight excluding hydrogens is 318 g/mol. The number of aromatic nitrogens is 2. The van der Waals surface area contributed by atoms with Crippen LogP contribution in [0.25, 0.3) is 0 Å². The zero-order chi connectivity index (χ0) is 17.4. The van der Waals surface area contributed by atoms with Crippen LogP contribution in [-0.2, 0) is 12.8 Å². The van der Waals surface area contributed by atoms with Gasteiger partial charge in [0.1, 0.15) is 5.75 Å². The number of hydrogen-bond acceptors (Lipinski definition) is 5. The summed E-state index contributed by atoms with van der Waals surface area (Å²) in [6, 6.07) is 3.68. The molecule has 0 spiro atoms. The van der Waals surface area contributed by atoms with Crippen molar-refractivity contribution >= 4 is 5.91 Å². The molecule has 1 fully saturated rings. The van der Waals surface area contributed by atoms with Crippen LogP contribution in [-0.4, -0.2) is 39.1 Å². The summed E-state index contributed by atoms with van der Waals surface area (Å²) in [4.78, 5) is 19.1. The van der Waals surface area contributed by atoms with E-state index in [9.17, 15) is 9.90 Å². The first-order chi connectivity index (χ1) is 12.1. The highest BCUT2D eigenvalue weighted by molar-refractivity contribution is 5.97. The van der Waals surface area contributed by atoms with Gasteiger partial charge in [-0.25, -0.2) is 0 Å². The van der Waals surface area contributed by atoms with E-state index in [-0.39, 0.29) is 17.6 Å². The van der Waals surface area contributed by atoms with E-state index in [0.29, 0.717) is 30.4 Å². The van der Waals surface area contributed by atoms with Crippen molar-refractivity contribution in [2.24, 2.45) is 0 Å². The second-order valence-corrected chi connectivity index (χ2v) is 7.12. The number of phenols is 1. The molecule has 2 aliphatic rings. The normalized spacial score (nSPS) is 20.4. The van der Waals surface area contributed by atoms with E-state index in [2.05, 4.69) is 10.1 Å². The van der Waals surface area contributed by atoms with Crippen LogP contribution in [0.4, 0.5) is 0 Å². The highest BCUT2D eigenvalue weighted by Crippen LogP contribution is 2.31. The lowest BCUT2D eigenvalue weighted by Gasteiger charge is -2.31. The number of fused-ring (bicyclic) bond motifs is 1. The summed E-state index contributed by atoms with van der Waals surface area (Å²) in [6.45, 7) is 3.04. The van der Waals surface area contributed by atoms with E-state index in [1.807, 2.05) is 6.07 Å². The molecule has 2 heterocycles. The molecular formula is C19H23N3O3. The van der Waals surface area contributed by atoms with Crippen molar-refractivity contribution in [2.45, 2.75) is 51.4 Å². The minimum Gasteiger partial charge on any atom is -0.507 e. The zero-order valence-electron chi connectivity index (χ0n) is 14.5. The number of likely N-dealkylation sites (tertiary alicyclic amines) is 1. The highest BCUT2D eigenvalue weighted by atomic mass is 16.5. The molecule has 6 heteroatoms. The van der Waals surface area contributed by atoms with Gasteiger partial charge < -0.3 is 14.5 Å². The van der Waals surface area contributed by atoms with Crippen LogP contribution in [0.15, 0.2) is 16.7 Å². The Bertz CT molecular complexity index is 799. The molecule has 25 heavy (non-hydrogen) atoms. The lowest BCUT2D eigenvalue weighted by molar-refractivity contribution is 0.0692. The maximum Gasteiger partial charge on any atom is 0.257 e. The van der Waals surface area contributed by atoms with E-state index < -0.39 is 0 Å². The van der Waals surface area contributed by atoms with Crippen molar-refractivity contribution in [1.82, 2.24) is 15.0 Å². The molecule has 1 amide bonds. The Morgan fingerprint density at radius 3 is 2.72 bits per heavy atom. The van der Waals surface area contributed by atoms with E-state index in [0.717, 1.165) is 38.5 Å². The maximum absolute atomic E-state index is 13.0. The molecule has 0 saturated carbocycles. The summed E-state index contributed by atoms with van der Waals surface area (Å²) in [6.07, 6.45) is 6.09. The second-order valence-electron chi connectivity index (χ2n) is 7.12. The average molecular weight is 341 g/mol. The maximum atomic E-state index is 13.0. The van der Waals surface area contributed by atoms with Gasteiger partial charge in [0.25, 0.3) is 5.91 Å². The third-order valence-corrected chi connectivity index (χ3v) is 5.29. The fraction of sp³-hybridized carbons (Fsp3) is 0.526. The molecule has 1 aliphatic carbocycles. The van der Waals surface area contributed by atoms with Crippen LogP contribution in [0.5, 0.6) is 5.75 Å². The summed E-state index contributed by atoms with van der Waals surface area (Å²) >= 11 is 0. The third kappa shape index (κ3) is 3.13. The Balaban J connectivity index is 1.56. The van der Waals surface area contributed by atoms with Gasteiger partial charge in [-0.3, -0.25) is 4.79 Å². The average Bonchev–Trinajstić information content (AvgIpc) is 3.07. The largest absolute Gasteiger partial charge is 0.507 e. The van der Waals surface area contributed by atoms with Gasteiger partial charge in [0.2, 0.25) is 5.89 Å². The molecule has 6 nitrogen and oxygen atoms in total. The molecule has 0 radical (unpaired) electrons. The van der Waals surface area contributed by atoms with Crippen molar-refractivity contribution in [2.75, 3.05) is 13.1 Å². The molecule has 132 valence electrons. The zero-order valence-corrected chi connectivity index (χ0v) is 14.5. The van der Waals surface area contributed by atoms with Crippen LogP contribution < -0.4 is 0 Å². The molecule has 2 aromatic rings. The Kier molecular flexibility index (Phi) is 4.19. The summed E-state index contributed by atoms with van der Waals surface area (Å²) in [5.74, 6) is 1.28. The predicted octanol–water partition coefficient (Wildman–Crippen LogP) is 2.98. The minimum absolute atomic E-state index is 0.0682. The van der Waals surface area contributed by atoms with E-state index in [1.54, 1.807) is 17.9 Å². The SMILES string of the molecule is Cc1noc(C2CCCN(C(=O)c3cc4c(cc3O)CCCC4)C2)n1. The second kappa shape index (κ2) is 6.50. The Hall–Kier alpha value is -2.37. The van der Waals surface area contributed by atoms with Gasteiger partial charge in [-0.2, -0.15) is 4.98 Å². The van der Waals surface area contributed by atoms with Crippen LogP contribution in [0.1, 0.15) is 64.8 Å². The number of carbonyl (C=O) groups excluding carboxylic acids is 1. The first-order valence-corrected chi connectivity index (χ1v) is 9.06. The lowest BCUT2D eigenvalue weighted by Crippen LogP contribution is -2.39. The van der Waals surface area contributed by atoms with Crippen LogP contribution in [0.3, 0.4) is 0 Å². The van der Waals surface area contributed by atoms with Crippen LogP contribution >= 0.6 is 0 Å². The standard InChI is InChI=1S/C19H23N3O3/c1-12-20-18(25-21-12)15-7-4-8-22(11-15)19(24)16-9-13-5-2-3-6-14(13)10-17(16)23/h9-10,15,23H,2-8,11H2,1H3. The van der Waals surface area contributed by atoms with Gasteiger partial charge >= 0.3 is 0 Å². The molecule has 1 aliphatic heterocycles. The summed E-state index contributed by atoms with van der Waals surface area (Å²) in [7, 11) is 0. The van der Waals surface area contributed by atoms with Crippen molar-refractivity contribution in [3.05, 3.63) is 40.5 Å². The number of piperidine rings is 1. The van der Waals surface area contributed by atoms with Gasteiger partial charge in [-0.15, -0.1) is 0 Å². The van der Waals surface area contributed by atoms with Crippen molar-refractivity contribution < 1.29 is 14.4 Å². The number of hydrogen-bond donors (Lipinski definition) is 1. The van der Waals surface area contributed by atoms with E-state index >= 15 is 0 Å². The van der Waals surface area contributed by atoms with E-state index in [1.165, 1.54) is 11.1 Å². The fourth-order valence-corrected chi connectivity index (χ4v) is 3.96. The summed E-state index contributed by atoms with van der Waals surface area (Å²) in [5, 5.41) is 14.2. The topological polar surface area (TPSA) is 79.5 Å². The van der Waals surface area contributed by atoms with Crippen LogP contribution in [0.2, 0.25) is 0 Å². The summed E-state index contributed by atoms with van der Waals surface area (Å²) < 4.78 is 5.29. The van der Waals surface area contributed by atoms with Gasteiger partial charge in [0.15, 0.2) is 5.82 Å². The number of benzene rings is 1. The predicted molar refractivity (Wildman–Crippen MR) is 91.7 cm³/mol. The Morgan fingerprint density at radius 2 is 2.00 bits per heavy atom. The van der Waals surface area contributed by atoms with Crippen molar-refractivity contribution in [3.8, 4) is 5.75 Å². The molecule has 1 aromatic carbocycles. The smallest absolute Gasteiger partial charge is 0.257 e. The number of aryl methyl sites for hydroxylation is 3. The molecule has 1 atom stereocenters. The van der Waals surface area contributed by atoms with Crippen molar-refractivity contribution in [1.29, 1.82) is 0 Å². The minimum atomic E-state index is -0.105. The number of nitrogens with zero attached hydrogens (tertiary/aromatic N) is 3. The first kappa shape index (κ1) is 16.1. The number of phenolic OH excluding ortho intramolecular Hbond substituents is 1. The van der Waals surface area contributed by atoms with Gasteiger partial charge in [0, 0.05) is 13.1 Å². The van der Waals surface area contributed by atoms with Gasteiger partial charge in [-0.05, 0) is 68.7 Å². The number of amides is 1. The monoisotopic (exact) mass is 341 g/mol. The highest BCUT2D eigenvalue weighted by Gasteiger charge is 2.30. The third-order valence-electron chi connectivity index (χ3n) is 5.29. The molecule has 0 bridgehead atoms. The fourth-order valence-electron chi connectivity index (χ4n) is 3.96. The molecule has 1 N–H and O–H groups in total. The first-order valence-electron chi connectivity index (χ1n) is 9.06. The van der Waals surface area contributed by atoms with Gasteiger partial charge in [-0.1, -0.05) is 5.16 Å². The number of aromatic hydroxyl groups is 1.